The molecule has 4 rings (SSSR count). The molecule has 5 heteroatoms. The lowest BCUT2D eigenvalue weighted by Crippen LogP contribution is -2.31. The minimum absolute atomic E-state index is 0.132. The van der Waals surface area contributed by atoms with Crippen LogP contribution in [0.1, 0.15) is 50.7 Å². The molecule has 0 spiro atoms. The third kappa shape index (κ3) is 5.79. The Morgan fingerprint density at radius 2 is 1.62 bits per heavy atom. The lowest BCUT2D eigenvalue weighted by atomic mass is 10.0. The van der Waals surface area contributed by atoms with Gasteiger partial charge in [-0.05, 0) is 24.5 Å². The third-order valence-electron chi connectivity index (χ3n) is 5.99. The summed E-state index contributed by atoms with van der Waals surface area (Å²) in [5, 5.41) is 3.27. The van der Waals surface area contributed by atoms with E-state index in [0.29, 0.717) is 41.3 Å². The molecule has 5 nitrogen and oxygen atoms in total. The van der Waals surface area contributed by atoms with Crippen LogP contribution in [0.15, 0.2) is 106 Å². The number of carbonyl (C=O) groups is 1. The van der Waals surface area contributed by atoms with E-state index in [1.54, 1.807) is 12.2 Å². The van der Waals surface area contributed by atoms with Crippen molar-refractivity contribution < 1.29 is 9.53 Å². The van der Waals surface area contributed by atoms with E-state index < -0.39 is 0 Å². The molecule has 0 saturated carbocycles. The van der Waals surface area contributed by atoms with Crippen molar-refractivity contribution in [3.63, 3.8) is 0 Å². The molecule has 2 aliphatic rings. The van der Waals surface area contributed by atoms with Crippen molar-refractivity contribution in [1.29, 1.82) is 0 Å². The van der Waals surface area contributed by atoms with Crippen molar-refractivity contribution in [3.05, 3.63) is 107 Å². The first-order valence-electron chi connectivity index (χ1n) is 12.0. The lowest BCUT2D eigenvalue weighted by molar-refractivity contribution is -0.111. The Bertz CT molecular complexity index is 1160. The number of aliphatic imine (C=N–C) groups is 2. The van der Waals surface area contributed by atoms with Gasteiger partial charge in [0.15, 0.2) is 11.6 Å². The van der Waals surface area contributed by atoms with Gasteiger partial charge in [-0.3, -0.25) is 4.79 Å². The van der Waals surface area contributed by atoms with E-state index in [1.165, 1.54) is 12.8 Å². The summed E-state index contributed by atoms with van der Waals surface area (Å²) in [6, 6.07) is 19.6. The molecule has 0 saturated heterocycles. The Labute approximate surface area is 201 Å². The number of nitrogens with one attached hydrogen (secondary N) is 1. The average Bonchev–Trinajstić information content (AvgIpc) is 2.89. The van der Waals surface area contributed by atoms with Crippen LogP contribution in [0.2, 0.25) is 0 Å². The average molecular weight is 454 g/mol. The fourth-order valence-electron chi connectivity index (χ4n) is 3.88. The Kier molecular flexibility index (Phi) is 7.87. The van der Waals surface area contributed by atoms with Crippen LogP contribution in [0.5, 0.6) is 0 Å². The van der Waals surface area contributed by atoms with E-state index in [4.69, 9.17) is 14.7 Å². The maximum atomic E-state index is 13.1. The monoisotopic (exact) mass is 453 g/mol. The highest BCUT2D eigenvalue weighted by atomic mass is 16.5. The fourth-order valence-corrected chi connectivity index (χ4v) is 3.88. The maximum Gasteiger partial charge on any atom is 0.193 e. The van der Waals surface area contributed by atoms with Crippen LogP contribution in [0.25, 0.3) is 0 Å². The number of benzene rings is 2. The Morgan fingerprint density at radius 3 is 2.26 bits per heavy atom. The smallest absolute Gasteiger partial charge is 0.193 e. The summed E-state index contributed by atoms with van der Waals surface area (Å²) in [5.41, 5.74) is 2.30. The molecule has 1 aliphatic heterocycles. The van der Waals surface area contributed by atoms with Crippen LogP contribution in [0.3, 0.4) is 0 Å². The number of hydrogen-bond acceptors (Lipinski definition) is 5. The van der Waals surface area contributed by atoms with Crippen LogP contribution in [0, 0.1) is 5.92 Å². The van der Waals surface area contributed by atoms with E-state index in [1.807, 2.05) is 66.7 Å². The molecule has 2 aromatic rings. The summed E-state index contributed by atoms with van der Waals surface area (Å²) < 4.78 is 5.97. The number of rotatable bonds is 9. The van der Waals surface area contributed by atoms with E-state index >= 15 is 0 Å². The molecule has 1 atom stereocenters. The van der Waals surface area contributed by atoms with Gasteiger partial charge < -0.3 is 10.1 Å². The number of unbranched alkanes of at least 4 members (excludes halogenated alkanes) is 1. The molecule has 1 unspecified atom stereocenters. The summed E-state index contributed by atoms with van der Waals surface area (Å²) in [5.74, 6) is 2.68. The largest absolute Gasteiger partial charge is 0.493 e. The summed E-state index contributed by atoms with van der Waals surface area (Å²) in [6.45, 7) is 5.02. The first-order chi connectivity index (χ1) is 16.7. The van der Waals surface area contributed by atoms with Crippen LogP contribution in [-0.4, -0.2) is 24.1 Å². The highest BCUT2D eigenvalue weighted by Crippen LogP contribution is 2.22. The Balaban J connectivity index is 1.59. The molecule has 1 heterocycles. The molecule has 174 valence electrons. The second-order valence-electron chi connectivity index (χ2n) is 8.49. The molecule has 1 N–H and O–H groups in total. The van der Waals surface area contributed by atoms with Gasteiger partial charge in [0.2, 0.25) is 0 Å². The molecule has 0 radical (unpaired) electrons. The zero-order chi connectivity index (χ0) is 23.8. The predicted molar refractivity (Wildman–Crippen MR) is 138 cm³/mol. The summed E-state index contributed by atoms with van der Waals surface area (Å²) >= 11 is 0. The van der Waals surface area contributed by atoms with Gasteiger partial charge in [0.25, 0.3) is 0 Å². The standard InChI is InChI=1S/C29H31N3O2/c1-3-5-12-21(4-2)20-34-24-17-18-25(26(33)19-24)29-31-27(22-13-8-6-9-14-22)30-28(32-29)23-15-10-7-11-16-23/h6-11,13-19,21H,3-5,12,20H2,1-2H3,(H,30,31,32). The highest BCUT2D eigenvalue weighted by Gasteiger charge is 2.22. The van der Waals surface area contributed by atoms with Crippen molar-refractivity contribution in [2.45, 2.75) is 39.5 Å². The van der Waals surface area contributed by atoms with Gasteiger partial charge in [-0.2, -0.15) is 0 Å². The maximum absolute atomic E-state index is 13.1. The molecule has 0 amide bonds. The van der Waals surface area contributed by atoms with Gasteiger partial charge in [-0.1, -0.05) is 93.8 Å². The molecule has 0 bridgehead atoms. The van der Waals surface area contributed by atoms with Crippen LogP contribution in [-0.2, 0) is 9.53 Å². The molecule has 0 aromatic heterocycles. The minimum Gasteiger partial charge on any atom is -0.493 e. The molecule has 2 aromatic carbocycles. The van der Waals surface area contributed by atoms with Gasteiger partial charge in [0, 0.05) is 17.2 Å². The zero-order valence-electron chi connectivity index (χ0n) is 19.8. The normalized spacial score (nSPS) is 18.5. The van der Waals surface area contributed by atoms with E-state index in [2.05, 4.69) is 19.2 Å². The van der Waals surface area contributed by atoms with Crippen LogP contribution < -0.4 is 5.32 Å². The number of nitrogens with zero attached hydrogens (tertiary/aromatic N) is 2. The summed E-state index contributed by atoms with van der Waals surface area (Å²) in [6.07, 6.45) is 9.79. The molecular weight excluding hydrogens is 422 g/mol. The second kappa shape index (κ2) is 11.4. The van der Waals surface area contributed by atoms with Crippen molar-refractivity contribution in [2.75, 3.05) is 6.61 Å². The number of allylic oxidation sites excluding steroid dienone is 4. The van der Waals surface area contributed by atoms with Gasteiger partial charge in [-0.15, -0.1) is 0 Å². The fraction of sp³-hybridized carbons (Fsp3) is 0.276. The number of ether oxygens (including phenoxy) is 1. The van der Waals surface area contributed by atoms with Crippen LogP contribution >= 0.6 is 0 Å². The molecule has 0 fully saturated rings. The minimum atomic E-state index is -0.132. The number of ketones is 1. The number of carbonyl (C=O) groups excluding carboxylic acids is 1. The third-order valence-corrected chi connectivity index (χ3v) is 5.99. The van der Waals surface area contributed by atoms with Crippen molar-refractivity contribution >= 4 is 17.5 Å². The van der Waals surface area contributed by atoms with Crippen LogP contribution in [0.4, 0.5) is 0 Å². The molecule has 34 heavy (non-hydrogen) atoms. The number of amidine groups is 2. The Morgan fingerprint density at radius 1 is 0.912 bits per heavy atom. The Hall–Kier alpha value is -3.73. The van der Waals surface area contributed by atoms with Gasteiger partial charge in [0.05, 0.1) is 12.2 Å². The lowest BCUT2D eigenvalue weighted by Gasteiger charge is -2.20. The predicted octanol–water partition coefficient (Wildman–Crippen LogP) is 5.95. The summed E-state index contributed by atoms with van der Waals surface area (Å²) in [7, 11) is 0. The van der Waals surface area contributed by atoms with Crippen molar-refractivity contribution in [1.82, 2.24) is 5.32 Å². The first-order valence-corrected chi connectivity index (χ1v) is 12.0. The summed E-state index contributed by atoms with van der Waals surface area (Å²) in [4.78, 5) is 22.5. The first kappa shape index (κ1) is 23.4. The van der Waals surface area contributed by atoms with E-state index in [0.717, 1.165) is 24.0 Å². The van der Waals surface area contributed by atoms with Crippen molar-refractivity contribution in [2.24, 2.45) is 15.9 Å². The highest BCUT2D eigenvalue weighted by molar-refractivity contribution is 6.16. The van der Waals surface area contributed by atoms with E-state index in [-0.39, 0.29) is 5.78 Å². The van der Waals surface area contributed by atoms with Crippen molar-refractivity contribution in [3.8, 4) is 0 Å². The molecule has 1 aliphatic carbocycles. The molecular formula is C29H31N3O2. The zero-order valence-corrected chi connectivity index (χ0v) is 19.8. The van der Waals surface area contributed by atoms with E-state index in [9.17, 15) is 4.79 Å². The number of hydrogen-bond donors (Lipinski definition) is 1. The van der Waals surface area contributed by atoms with Gasteiger partial charge >= 0.3 is 0 Å². The topological polar surface area (TPSA) is 63.0 Å². The van der Waals surface area contributed by atoms with Gasteiger partial charge in [-0.25, -0.2) is 9.98 Å². The quantitative estimate of drug-likeness (QED) is 0.477. The SMILES string of the molecule is CCCCC(CC)COC1=CC(=O)C(=C2N=C(c3ccccc3)N=C(c3ccccc3)N2)C=C1. The second-order valence-corrected chi connectivity index (χ2v) is 8.49. The van der Waals surface area contributed by atoms with Gasteiger partial charge in [0.1, 0.15) is 17.4 Å².